The molecular formula is C9H20OSi. The molecule has 1 fully saturated rings. The highest BCUT2D eigenvalue weighted by molar-refractivity contribution is 6.71. The van der Waals surface area contributed by atoms with Crippen molar-refractivity contribution < 1.29 is 4.43 Å². The molecule has 1 saturated heterocycles. The molecule has 0 amide bonds. The van der Waals surface area contributed by atoms with Gasteiger partial charge in [-0.25, -0.2) is 0 Å². The molecule has 0 saturated carbocycles. The molecule has 0 radical (unpaired) electrons. The van der Waals surface area contributed by atoms with Crippen LogP contribution in [0, 0.1) is 0 Å². The Hall–Kier alpha value is 0.177. The van der Waals surface area contributed by atoms with Gasteiger partial charge in [0.2, 0.25) is 0 Å². The fraction of sp³-hybridized carbons (Fsp3) is 1.00. The Labute approximate surface area is 71.3 Å². The zero-order chi connectivity index (χ0) is 8.16. The molecule has 11 heavy (non-hydrogen) atoms. The van der Waals surface area contributed by atoms with Crippen molar-refractivity contribution in [1.29, 1.82) is 0 Å². The van der Waals surface area contributed by atoms with E-state index in [0.29, 0.717) is 0 Å². The number of rotatable bonds is 0. The molecule has 1 nitrogen and oxygen atoms in total. The molecule has 1 aliphatic rings. The summed E-state index contributed by atoms with van der Waals surface area (Å²) in [7, 11) is -1.21. The zero-order valence-corrected chi connectivity index (χ0v) is 8.86. The summed E-state index contributed by atoms with van der Waals surface area (Å²) in [5, 5.41) is 0. The van der Waals surface area contributed by atoms with E-state index in [4.69, 9.17) is 4.43 Å². The predicted molar refractivity (Wildman–Crippen MR) is 51.3 cm³/mol. The molecule has 1 aliphatic heterocycles. The molecule has 0 aromatic rings. The average Bonchev–Trinajstić information content (AvgIpc) is 2.00. The van der Waals surface area contributed by atoms with Gasteiger partial charge in [-0.1, -0.05) is 25.7 Å². The first-order valence-electron chi connectivity index (χ1n) is 4.85. The molecule has 0 unspecified atom stereocenters. The molecule has 0 spiro atoms. The van der Waals surface area contributed by atoms with E-state index < -0.39 is 8.32 Å². The Bertz CT molecular complexity index is 100. The van der Waals surface area contributed by atoms with Gasteiger partial charge in [0.1, 0.15) is 0 Å². The second kappa shape index (κ2) is 4.26. The van der Waals surface area contributed by atoms with Crippen molar-refractivity contribution in [2.45, 2.75) is 51.2 Å². The third-order valence-corrected chi connectivity index (χ3v) is 4.96. The van der Waals surface area contributed by atoms with Gasteiger partial charge in [0.15, 0.2) is 8.32 Å². The highest BCUT2D eigenvalue weighted by atomic mass is 28.4. The second-order valence-electron chi connectivity index (χ2n) is 4.13. The Kier molecular flexibility index (Phi) is 3.59. The normalized spacial score (nSPS) is 26.7. The summed E-state index contributed by atoms with van der Waals surface area (Å²) < 4.78 is 5.89. The van der Waals surface area contributed by atoms with Crippen molar-refractivity contribution >= 4 is 8.32 Å². The van der Waals surface area contributed by atoms with E-state index in [0.717, 1.165) is 6.61 Å². The third-order valence-electron chi connectivity index (χ3n) is 2.42. The van der Waals surface area contributed by atoms with Crippen LogP contribution in [-0.2, 0) is 4.43 Å². The largest absolute Gasteiger partial charge is 0.417 e. The smallest absolute Gasteiger partial charge is 0.186 e. The van der Waals surface area contributed by atoms with Gasteiger partial charge < -0.3 is 4.43 Å². The lowest BCUT2D eigenvalue weighted by molar-refractivity contribution is 0.299. The molecule has 0 aromatic heterocycles. The SMILES string of the molecule is C[Si]1(C)CCCCCCCO1. The molecule has 2 heteroatoms. The summed E-state index contributed by atoms with van der Waals surface area (Å²) in [5.74, 6) is 0. The van der Waals surface area contributed by atoms with Crippen LogP contribution in [0.5, 0.6) is 0 Å². The third kappa shape index (κ3) is 3.92. The van der Waals surface area contributed by atoms with Crippen LogP contribution < -0.4 is 0 Å². The minimum absolute atomic E-state index is 1.03. The Morgan fingerprint density at radius 1 is 0.909 bits per heavy atom. The van der Waals surface area contributed by atoms with Crippen molar-refractivity contribution in [1.82, 2.24) is 0 Å². The molecule has 1 rings (SSSR count). The van der Waals surface area contributed by atoms with Gasteiger partial charge in [-0.2, -0.15) is 0 Å². The van der Waals surface area contributed by atoms with Crippen molar-refractivity contribution in [2.24, 2.45) is 0 Å². The highest BCUT2D eigenvalue weighted by Gasteiger charge is 2.21. The predicted octanol–water partition coefficient (Wildman–Crippen LogP) is 3.17. The van der Waals surface area contributed by atoms with E-state index >= 15 is 0 Å². The summed E-state index contributed by atoms with van der Waals surface area (Å²) in [6.45, 7) is 5.72. The lowest BCUT2D eigenvalue weighted by Gasteiger charge is -2.21. The van der Waals surface area contributed by atoms with Crippen molar-refractivity contribution in [2.75, 3.05) is 6.61 Å². The van der Waals surface area contributed by atoms with Crippen molar-refractivity contribution in [3.63, 3.8) is 0 Å². The van der Waals surface area contributed by atoms with Crippen molar-refractivity contribution in [3.05, 3.63) is 0 Å². The first kappa shape index (κ1) is 9.27. The van der Waals surface area contributed by atoms with Crippen LogP contribution in [0.2, 0.25) is 19.1 Å². The van der Waals surface area contributed by atoms with Crippen LogP contribution in [0.4, 0.5) is 0 Å². The van der Waals surface area contributed by atoms with Gasteiger partial charge in [0.05, 0.1) is 0 Å². The fourth-order valence-electron chi connectivity index (χ4n) is 1.60. The van der Waals surface area contributed by atoms with Gasteiger partial charge in [-0.3, -0.25) is 0 Å². The van der Waals surface area contributed by atoms with E-state index in [2.05, 4.69) is 13.1 Å². The average molecular weight is 172 g/mol. The molecule has 0 bridgehead atoms. The first-order valence-corrected chi connectivity index (χ1v) is 7.96. The second-order valence-corrected chi connectivity index (χ2v) is 8.43. The molecule has 0 aliphatic carbocycles. The lowest BCUT2D eigenvalue weighted by atomic mass is 10.2. The van der Waals surface area contributed by atoms with Crippen LogP contribution >= 0.6 is 0 Å². The minimum Gasteiger partial charge on any atom is -0.417 e. The van der Waals surface area contributed by atoms with E-state index in [1.165, 1.54) is 38.1 Å². The first-order chi connectivity index (χ1) is 5.21. The molecule has 0 aromatic carbocycles. The van der Waals surface area contributed by atoms with E-state index in [-0.39, 0.29) is 0 Å². The maximum atomic E-state index is 5.89. The van der Waals surface area contributed by atoms with Gasteiger partial charge in [0.25, 0.3) is 0 Å². The summed E-state index contributed by atoms with van der Waals surface area (Å²) in [6, 6.07) is 1.37. The Morgan fingerprint density at radius 2 is 1.55 bits per heavy atom. The van der Waals surface area contributed by atoms with Crippen LogP contribution in [-0.4, -0.2) is 14.9 Å². The number of hydrogen-bond donors (Lipinski definition) is 0. The maximum Gasteiger partial charge on any atom is 0.186 e. The van der Waals surface area contributed by atoms with Crippen molar-refractivity contribution in [3.8, 4) is 0 Å². The topological polar surface area (TPSA) is 9.23 Å². The summed E-state index contributed by atoms with van der Waals surface area (Å²) in [5.41, 5.74) is 0. The monoisotopic (exact) mass is 172 g/mol. The van der Waals surface area contributed by atoms with Gasteiger partial charge in [-0.15, -0.1) is 0 Å². The van der Waals surface area contributed by atoms with Gasteiger partial charge >= 0.3 is 0 Å². The fourth-order valence-corrected chi connectivity index (χ4v) is 3.55. The zero-order valence-electron chi connectivity index (χ0n) is 7.86. The van der Waals surface area contributed by atoms with Crippen LogP contribution in [0.1, 0.15) is 32.1 Å². The van der Waals surface area contributed by atoms with Crippen LogP contribution in [0.25, 0.3) is 0 Å². The Balaban J connectivity index is 2.31. The quantitative estimate of drug-likeness (QED) is 0.510. The Morgan fingerprint density at radius 3 is 2.36 bits per heavy atom. The van der Waals surface area contributed by atoms with E-state index in [9.17, 15) is 0 Å². The van der Waals surface area contributed by atoms with Gasteiger partial charge in [0, 0.05) is 6.61 Å². The summed E-state index contributed by atoms with van der Waals surface area (Å²) in [4.78, 5) is 0. The highest BCUT2D eigenvalue weighted by Crippen LogP contribution is 2.19. The molecular weight excluding hydrogens is 152 g/mol. The molecule has 1 heterocycles. The summed E-state index contributed by atoms with van der Waals surface area (Å²) >= 11 is 0. The maximum absolute atomic E-state index is 5.89. The molecule has 66 valence electrons. The van der Waals surface area contributed by atoms with Crippen LogP contribution in [0.3, 0.4) is 0 Å². The molecule has 0 N–H and O–H groups in total. The van der Waals surface area contributed by atoms with Crippen LogP contribution in [0.15, 0.2) is 0 Å². The van der Waals surface area contributed by atoms with Gasteiger partial charge in [-0.05, 0) is 25.6 Å². The standard InChI is InChI=1S/C9H20OSi/c1-11(2)9-7-5-3-4-6-8-10-11/h3-9H2,1-2H3. The number of hydrogen-bond acceptors (Lipinski definition) is 1. The minimum atomic E-state index is -1.21. The molecule has 0 atom stereocenters. The van der Waals surface area contributed by atoms with E-state index in [1.807, 2.05) is 0 Å². The summed E-state index contributed by atoms with van der Waals surface area (Å²) in [6.07, 6.45) is 6.92. The van der Waals surface area contributed by atoms with E-state index in [1.54, 1.807) is 0 Å². The lowest BCUT2D eigenvalue weighted by Crippen LogP contribution is -2.30.